The Morgan fingerprint density at radius 1 is 1.20 bits per heavy atom. The summed E-state index contributed by atoms with van der Waals surface area (Å²) in [5, 5.41) is 21.9. The lowest BCUT2D eigenvalue weighted by atomic mass is 10.2. The molecule has 30 heavy (non-hydrogen) atoms. The Morgan fingerprint density at radius 2 is 1.97 bits per heavy atom. The molecular formula is C20H20N4O3S3. The standard InChI is InChI=1S/C20H20N4O3S3/c1-2-27-17-10-15(8-9-16(17)25)11-21-22-18(26)13-29-20-24-23-19(30-20)28-12-14-6-4-3-5-7-14/h3-11,25H,2,12-13H2,1H3,(H,22,26)/b21-11+. The summed E-state index contributed by atoms with van der Waals surface area (Å²) < 4.78 is 6.93. The minimum absolute atomic E-state index is 0.0628. The Balaban J connectivity index is 1.42. The van der Waals surface area contributed by atoms with Crippen LogP contribution in [-0.4, -0.2) is 39.8 Å². The van der Waals surface area contributed by atoms with E-state index in [4.69, 9.17) is 4.74 Å². The average Bonchev–Trinajstić information content (AvgIpc) is 3.22. The summed E-state index contributed by atoms with van der Waals surface area (Å²) in [6, 6.07) is 15.0. The fraction of sp³-hybridized carbons (Fsp3) is 0.200. The van der Waals surface area contributed by atoms with Crippen molar-refractivity contribution >= 4 is 47.0 Å². The number of ether oxygens (including phenoxy) is 1. The number of benzene rings is 2. The molecule has 0 unspecified atom stereocenters. The van der Waals surface area contributed by atoms with Gasteiger partial charge < -0.3 is 9.84 Å². The molecule has 0 atom stereocenters. The Labute approximate surface area is 187 Å². The van der Waals surface area contributed by atoms with E-state index in [2.05, 4.69) is 32.9 Å². The van der Waals surface area contributed by atoms with E-state index in [1.165, 1.54) is 40.9 Å². The van der Waals surface area contributed by atoms with Gasteiger partial charge in [-0.05, 0) is 36.2 Å². The number of aromatic nitrogens is 2. The van der Waals surface area contributed by atoms with Gasteiger partial charge in [-0.15, -0.1) is 10.2 Å². The van der Waals surface area contributed by atoms with Crippen LogP contribution in [0.3, 0.4) is 0 Å². The molecule has 0 radical (unpaired) electrons. The van der Waals surface area contributed by atoms with Gasteiger partial charge in [0.2, 0.25) is 0 Å². The van der Waals surface area contributed by atoms with Gasteiger partial charge in [-0.25, -0.2) is 5.43 Å². The summed E-state index contributed by atoms with van der Waals surface area (Å²) in [5.74, 6) is 1.22. The summed E-state index contributed by atoms with van der Waals surface area (Å²) in [7, 11) is 0. The van der Waals surface area contributed by atoms with Crippen molar-refractivity contribution in [1.82, 2.24) is 15.6 Å². The topological polar surface area (TPSA) is 96.7 Å². The van der Waals surface area contributed by atoms with Crippen LogP contribution in [0.15, 0.2) is 62.3 Å². The van der Waals surface area contributed by atoms with Crippen molar-refractivity contribution in [1.29, 1.82) is 0 Å². The number of nitrogens with one attached hydrogen (secondary N) is 1. The monoisotopic (exact) mass is 460 g/mol. The van der Waals surface area contributed by atoms with Crippen LogP contribution in [0.1, 0.15) is 18.1 Å². The van der Waals surface area contributed by atoms with Crippen LogP contribution in [0.4, 0.5) is 0 Å². The second-order valence-electron chi connectivity index (χ2n) is 5.85. The van der Waals surface area contributed by atoms with Crippen molar-refractivity contribution in [2.24, 2.45) is 5.10 Å². The maximum absolute atomic E-state index is 12.0. The Bertz CT molecular complexity index is 996. The maximum Gasteiger partial charge on any atom is 0.250 e. The quantitative estimate of drug-likeness (QED) is 0.266. The molecule has 3 aromatic rings. The van der Waals surface area contributed by atoms with Crippen LogP contribution in [0, 0.1) is 0 Å². The second-order valence-corrected chi connectivity index (χ2v) is 9.27. The Kier molecular flexibility index (Phi) is 8.54. The van der Waals surface area contributed by atoms with Crippen LogP contribution in [-0.2, 0) is 10.5 Å². The summed E-state index contributed by atoms with van der Waals surface area (Å²) in [6.45, 7) is 2.28. The second kappa shape index (κ2) is 11.6. The molecule has 0 saturated carbocycles. The third-order valence-corrected chi connectivity index (χ3v) is 6.87. The molecule has 1 amide bonds. The molecule has 0 aliphatic rings. The van der Waals surface area contributed by atoms with E-state index in [-0.39, 0.29) is 17.4 Å². The number of nitrogens with zero attached hydrogens (tertiary/aromatic N) is 3. The highest BCUT2D eigenvalue weighted by atomic mass is 32.2. The predicted molar refractivity (Wildman–Crippen MR) is 122 cm³/mol. The SMILES string of the molecule is CCOc1cc(/C=N/NC(=O)CSc2nnc(SCc3ccccc3)s2)ccc1O. The van der Waals surface area contributed by atoms with Crippen molar-refractivity contribution in [3.05, 3.63) is 59.7 Å². The van der Waals surface area contributed by atoms with Crippen LogP contribution in [0.2, 0.25) is 0 Å². The number of thioether (sulfide) groups is 2. The molecule has 0 saturated heterocycles. The third kappa shape index (κ3) is 7.05. The first-order chi connectivity index (χ1) is 14.6. The van der Waals surface area contributed by atoms with Crippen molar-refractivity contribution in [2.45, 2.75) is 21.4 Å². The van der Waals surface area contributed by atoms with Gasteiger partial charge in [0.1, 0.15) is 0 Å². The fourth-order valence-corrected chi connectivity index (χ4v) is 5.02. The van der Waals surface area contributed by atoms with E-state index in [0.717, 1.165) is 14.4 Å². The number of phenols is 1. The minimum atomic E-state index is -0.242. The predicted octanol–water partition coefficient (Wildman–Crippen LogP) is 4.18. The van der Waals surface area contributed by atoms with Crippen molar-refractivity contribution < 1.29 is 14.6 Å². The smallest absolute Gasteiger partial charge is 0.250 e. The van der Waals surface area contributed by atoms with Crippen LogP contribution in [0.5, 0.6) is 11.5 Å². The van der Waals surface area contributed by atoms with Crippen LogP contribution >= 0.6 is 34.9 Å². The number of hydrogen-bond acceptors (Lipinski definition) is 9. The maximum atomic E-state index is 12.0. The van der Waals surface area contributed by atoms with E-state index >= 15 is 0 Å². The van der Waals surface area contributed by atoms with Gasteiger partial charge in [-0.2, -0.15) is 5.10 Å². The zero-order valence-corrected chi connectivity index (χ0v) is 18.6. The Hall–Kier alpha value is -2.56. The van der Waals surface area contributed by atoms with E-state index in [9.17, 15) is 9.90 Å². The van der Waals surface area contributed by atoms with Crippen molar-refractivity contribution in [3.63, 3.8) is 0 Å². The Morgan fingerprint density at radius 3 is 2.73 bits per heavy atom. The van der Waals surface area contributed by atoms with E-state index in [0.29, 0.717) is 17.9 Å². The van der Waals surface area contributed by atoms with Crippen molar-refractivity contribution in [3.8, 4) is 11.5 Å². The molecule has 0 fully saturated rings. The van der Waals surface area contributed by atoms with Gasteiger partial charge in [-0.3, -0.25) is 4.79 Å². The van der Waals surface area contributed by atoms with E-state index in [1.807, 2.05) is 25.1 Å². The number of aromatic hydroxyl groups is 1. The van der Waals surface area contributed by atoms with E-state index in [1.54, 1.807) is 23.9 Å². The molecule has 156 valence electrons. The van der Waals surface area contributed by atoms with Crippen molar-refractivity contribution in [2.75, 3.05) is 12.4 Å². The number of rotatable bonds is 10. The molecule has 1 heterocycles. The normalized spacial score (nSPS) is 11.0. The van der Waals surface area contributed by atoms with Gasteiger partial charge in [0, 0.05) is 5.75 Å². The molecule has 3 rings (SSSR count). The van der Waals surface area contributed by atoms with Gasteiger partial charge >= 0.3 is 0 Å². The first-order valence-corrected chi connectivity index (χ1v) is 11.8. The molecule has 2 N–H and O–H groups in total. The van der Waals surface area contributed by atoms with Crippen LogP contribution < -0.4 is 10.2 Å². The highest BCUT2D eigenvalue weighted by Gasteiger charge is 2.09. The summed E-state index contributed by atoms with van der Waals surface area (Å²) in [4.78, 5) is 12.0. The first-order valence-electron chi connectivity index (χ1n) is 9.05. The number of phenolic OH excluding ortho intramolecular Hbond substituents is 1. The zero-order chi connectivity index (χ0) is 21.2. The molecule has 0 spiro atoms. The molecule has 0 aliphatic carbocycles. The molecular weight excluding hydrogens is 440 g/mol. The molecule has 7 nitrogen and oxygen atoms in total. The number of hydrogen-bond donors (Lipinski definition) is 2. The van der Waals surface area contributed by atoms with E-state index < -0.39 is 0 Å². The van der Waals surface area contributed by atoms with Gasteiger partial charge in [0.25, 0.3) is 5.91 Å². The van der Waals surface area contributed by atoms with Gasteiger partial charge in [0.05, 0.1) is 18.6 Å². The fourth-order valence-electron chi connectivity index (χ4n) is 2.25. The number of amides is 1. The number of carbonyl (C=O) groups excluding carboxylic acids is 1. The molecule has 1 aromatic heterocycles. The third-order valence-electron chi connectivity index (χ3n) is 3.61. The van der Waals surface area contributed by atoms with Gasteiger partial charge in [-0.1, -0.05) is 65.2 Å². The lowest BCUT2D eigenvalue weighted by molar-refractivity contribution is -0.118. The highest BCUT2D eigenvalue weighted by Crippen LogP contribution is 2.30. The molecule has 0 aliphatic heterocycles. The van der Waals surface area contributed by atoms with Crippen LogP contribution in [0.25, 0.3) is 0 Å². The van der Waals surface area contributed by atoms with Gasteiger partial charge in [0.15, 0.2) is 20.2 Å². The summed E-state index contributed by atoms with van der Waals surface area (Å²) in [5.41, 5.74) is 4.41. The lowest BCUT2D eigenvalue weighted by Crippen LogP contribution is -2.19. The first kappa shape index (κ1) is 22.1. The minimum Gasteiger partial charge on any atom is -0.504 e. The molecule has 2 aromatic carbocycles. The summed E-state index contributed by atoms with van der Waals surface area (Å²) >= 11 is 4.42. The molecule has 0 bridgehead atoms. The number of hydrazone groups is 1. The largest absolute Gasteiger partial charge is 0.504 e. The highest BCUT2D eigenvalue weighted by molar-refractivity contribution is 8.03. The number of carbonyl (C=O) groups is 1. The molecule has 10 heteroatoms. The average molecular weight is 461 g/mol. The lowest BCUT2D eigenvalue weighted by Gasteiger charge is -2.05. The zero-order valence-electron chi connectivity index (χ0n) is 16.1. The summed E-state index contributed by atoms with van der Waals surface area (Å²) in [6.07, 6.45) is 1.49.